The van der Waals surface area contributed by atoms with Gasteiger partial charge < -0.3 is 33.8 Å². The summed E-state index contributed by atoms with van der Waals surface area (Å²) in [5, 5.41) is 10.6. The van der Waals surface area contributed by atoms with E-state index < -0.39 is 97.5 Å². The first kappa shape index (κ1) is 90.1. The molecule has 0 aliphatic carbocycles. The monoisotopic (exact) mass is 1350 g/mol. The van der Waals surface area contributed by atoms with Gasteiger partial charge in [-0.1, -0.05) is 318 Å². The van der Waals surface area contributed by atoms with Crippen molar-refractivity contribution in [3.63, 3.8) is 0 Å². The second kappa shape index (κ2) is 63.8. The number of unbranched alkanes of at least 4 members (excludes halogenated alkanes) is 38. The van der Waals surface area contributed by atoms with Crippen molar-refractivity contribution < 1.29 is 80.2 Å². The first-order valence-corrected chi connectivity index (χ1v) is 40.9. The Morgan fingerprint density at radius 1 is 0.315 bits per heavy atom. The van der Waals surface area contributed by atoms with Gasteiger partial charge >= 0.3 is 39.5 Å². The molecule has 19 heteroatoms. The minimum Gasteiger partial charge on any atom is -0.462 e. The number of aliphatic hydroxyl groups excluding tert-OH is 1. The van der Waals surface area contributed by atoms with Crippen molar-refractivity contribution in [1.29, 1.82) is 0 Å². The molecule has 0 aliphatic heterocycles. The molecule has 0 amide bonds. The fourth-order valence-electron chi connectivity index (χ4n) is 11.0. The second-order valence-corrected chi connectivity index (χ2v) is 30.4. The smallest absolute Gasteiger partial charge is 0.462 e. The van der Waals surface area contributed by atoms with Crippen molar-refractivity contribution >= 4 is 39.5 Å². The van der Waals surface area contributed by atoms with Crippen LogP contribution in [0.4, 0.5) is 0 Å². The topological polar surface area (TPSA) is 237 Å². The maximum atomic E-state index is 13.1. The van der Waals surface area contributed by atoms with Crippen LogP contribution in [0.2, 0.25) is 0 Å². The SMILES string of the molecule is CCCCCCCCCCCCCC(=O)OC[C@H](COP(=O)(O)OC[C@H](O)COP(=O)(O)OC[C@@H](COC(=O)CCCCCCCCCCC(C)CC)OC(=O)CCCCCCCCCCCCCCCCCC(C)C)OC(=O)CCCCCCCCCCC(C)C. The van der Waals surface area contributed by atoms with Gasteiger partial charge in [-0.15, -0.1) is 0 Å². The molecule has 0 heterocycles. The molecule has 0 fully saturated rings. The lowest BCUT2D eigenvalue weighted by atomic mass is 9.99. The fourth-order valence-corrected chi connectivity index (χ4v) is 12.6. The maximum Gasteiger partial charge on any atom is 0.472 e. The Morgan fingerprint density at radius 3 is 0.826 bits per heavy atom. The highest BCUT2D eigenvalue weighted by Gasteiger charge is 2.30. The van der Waals surface area contributed by atoms with E-state index in [9.17, 15) is 43.2 Å². The number of carbonyl (C=O) groups excluding carboxylic acids is 4. The van der Waals surface area contributed by atoms with Crippen molar-refractivity contribution in [3.05, 3.63) is 0 Å². The average Bonchev–Trinajstić information content (AvgIpc) is 2.62. The molecule has 3 unspecified atom stereocenters. The third kappa shape index (κ3) is 65.4. The van der Waals surface area contributed by atoms with Gasteiger partial charge in [-0.3, -0.25) is 37.3 Å². The summed E-state index contributed by atoms with van der Waals surface area (Å²) in [7, 11) is -9.91. The highest BCUT2D eigenvalue weighted by Crippen LogP contribution is 2.45. The van der Waals surface area contributed by atoms with E-state index in [2.05, 4.69) is 48.5 Å². The van der Waals surface area contributed by atoms with Gasteiger partial charge in [0, 0.05) is 25.7 Å². The molecule has 3 N–H and O–H groups in total. The summed E-state index contributed by atoms with van der Waals surface area (Å²) < 4.78 is 68.4. The van der Waals surface area contributed by atoms with Crippen molar-refractivity contribution in [2.45, 2.75) is 388 Å². The summed E-state index contributed by atoms with van der Waals surface area (Å²) in [6.07, 6.45) is 48.5. The van der Waals surface area contributed by atoms with E-state index in [1.54, 1.807) is 0 Å². The van der Waals surface area contributed by atoms with Gasteiger partial charge in [0.1, 0.15) is 19.3 Å². The van der Waals surface area contributed by atoms with E-state index >= 15 is 0 Å². The first-order valence-electron chi connectivity index (χ1n) is 37.9. The summed E-state index contributed by atoms with van der Waals surface area (Å²) in [6.45, 7) is 11.9. The van der Waals surface area contributed by atoms with Crippen LogP contribution < -0.4 is 0 Å². The van der Waals surface area contributed by atoms with E-state index in [4.69, 9.17) is 37.0 Å². The highest BCUT2D eigenvalue weighted by molar-refractivity contribution is 7.47. The summed E-state index contributed by atoms with van der Waals surface area (Å²) in [4.78, 5) is 72.7. The molecular weight excluding hydrogens is 1210 g/mol. The Hall–Kier alpha value is -1.94. The minimum atomic E-state index is -4.95. The fraction of sp³-hybridized carbons (Fsp3) is 0.945. The Balaban J connectivity index is 5.24. The molecule has 0 bridgehead atoms. The number of esters is 4. The number of phosphoric acid groups is 2. The molecule has 0 saturated heterocycles. The molecule has 0 radical (unpaired) electrons. The van der Waals surface area contributed by atoms with Crippen LogP contribution in [0, 0.1) is 17.8 Å². The lowest BCUT2D eigenvalue weighted by Crippen LogP contribution is -2.30. The predicted octanol–water partition coefficient (Wildman–Crippen LogP) is 21.0. The molecule has 0 spiro atoms. The van der Waals surface area contributed by atoms with Crippen LogP contribution in [0.25, 0.3) is 0 Å². The number of aliphatic hydroxyl groups is 1. The van der Waals surface area contributed by atoms with Crippen molar-refractivity contribution in [1.82, 2.24) is 0 Å². The van der Waals surface area contributed by atoms with Gasteiger partial charge in [0.25, 0.3) is 0 Å². The van der Waals surface area contributed by atoms with Gasteiger partial charge in [-0.05, 0) is 43.4 Å². The summed E-state index contributed by atoms with van der Waals surface area (Å²) in [5.74, 6) is 0.175. The molecule has 0 aromatic rings. The van der Waals surface area contributed by atoms with E-state index in [0.29, 0.717) is 25.7 Å². The van der Waals surface area contributed by atoms with Crippen LogP contribution in [0.15, 0.2) is 0 Å². The van der Waals surface area contributed by atoms with E-state index in [-0.39, 0.29) is 25.7 Å². The number of ether oxygens (including phenoxy) is 4. The molecule has 0 aliphatic rings. The Morgan fingerprint density at radius 2 is 0.554 bits per heavy atom. The predicted molar refractivity (Wildman–Crippen MR) is 372 cm³/mol. The van der Waals surface area contributed by atoms with Gasteiger partial charge in [-0.25, -0.2) is 9.13 Å². The second-order valence-electron chi connectivity index (χ2n) is 27.5. The van der Waals surface area contributed by atoms with Gasteiger partial charge in [0.2, 0.25) is 0 Å². The first-order chi connectivity index (χ1) is 44.3. The third-order valence-electron chi connectivity index (χ3n) is 17.2. The third-order valence-corrected chi connectivity index (χ3v) is 19.1. The lowest BCUT2D eigenvalue weighted by Gasteiger charge is -2.21. The largest absolute Gasteiger partial charge is 0.472 e. The summed E-state index contributed by atoms with van der Waals surface area (Å²) in [5.41, 5.74) is 0. The maximum absolute atomic E-state index is 13.1. The Bertz CT molecular complexity index is 1800. The number of carbonyl (C=O) groups is 4. The quantitative estimate of drug-likeness (QED) is 0.0222. The number of rotatable bonds is 71. The van der Waals surface area contributed by atoms with Crippen LogP contribution >= 0.6 is 15.6 Å². The lowest BCUT2D eigenvalue weighted by molar-refractivity contribution is -0.161. The van der Waals surface area contributed by atoms with Crippen LogP contribution in [0.5, 0.6) is 0 Å². The van der Waals surface area contributed by atoms with Crippen LogP contribution in [0.3, 0.4) is 0 Å². The van der Waals surface area contributed by atoms with Gasteiger partial charge in [-0.2, -0.15) is 0 Å². The van der Waals surface area contributed by atoms with Crippen molar-refractivity contribution in [3.8, 4) is 0 Å². The van der Waals surface area contributed by atoms with E-state index in [1.165, 1.54) is 180 Å². The van der Waals surface area contributed by atoms with E-state index in [0.717, 1.165) is 108 Å². The minimum absolute atomic E-state index is 0.104. The van der Waals surface area contributed by atoms with Gasteiger partial charge in [0.15, 0.2) is 12.2 Å². The molecule has 92 heavy (non-hydrogen) atoms. The van der Waals surface area contributed by atoms with Crippen LogP contribution in [-0.4, -0.2) is 96.7 Å². The normalized spacial score (nSPS) is 14.4. The summed E-state index contributed by atoms with van der Waals surface area (Å²) in [6, 6.07) is 0. The zero-order chi connectivity index (χ0) is 68.0. The highest BCUT2D eigenvalue weighted by atomic mass is 31.2. The number of phosphoric ester groups is 2. The molecule has 17 nitrogen and oxygen atoms in total. The molecule has 546 valence electrons. The molecule has 0 rings (SSSR count). The van der Waals surface area contributed by atoms with Gasteiger partial charge in [0.05, 0.1) is 26.4 Å². The summed E-state index contributed by atoms with van der Waals surface area (Å²) >= 11 is 0. The standard InChI is InChI=1S/C73H142O17P2/c1-8-10-11-12-13-14-20-24-33-40-47-54-70(75)83-60-69(90-73(78)57-50-43-36-28-26-31-38-45-52-65(5)6)63-88-92(81,82)86-59-67(74)58-85-91(79,80)87-62-68(61-84-71(76)55-48-41-34-29-27-32-39-46-53-66(7)9-2)89-72(77)56-49-42-35-25-22-19-17-15-16-18-21-23-30-37-44-51-64(3)4/h64-69,74H,8-63H2,1-7H3,(H,79,80)(H,81,82)/t66?,67-,68-,69-/m1/s1. The number of hydrogen-bond donors (Lipinski definition) is 3. The zero-order valence-electron chi connectivity index (χ0n) is 60.0. The van der Waals surface area contributed by atoms with E-state index in [1.807, 2.05) is 0 Å². The molecule has 6 atom stereocenters. The van der Waals surface area contributed by atoms with Crippen LogP contribution in [-0.2, 0) is 65.4 Å². The average molecular weight is 1350 g/mol. The molecular formula is C73H142O17P2. The Labute approximate surface area is 562 Å². The van der Waals surface area contributed by atoms with Crippen molar-refractivity contribution in [2.75, 3.05) is 39.6 Å². The Kier molecular flexibility index (Phi) is 62.4. The molecule has 0 saturated carbocycles. The van der Waals surface area contributed by atoms with Crippen molar-refractivity contribution in [2.24, 2.45) is 17.8 Å². The molecule has 0 aromatic carbocycles. The zero-order valence-corrected chi connectivity index (χ0v) is 61.8. The van der Waals surface area contributed by atoms with Crippen LogP contribution in [0.1, 0.15) is 370 Å². The molecule has 0 aromatic heterocycles. The number of hydrogen-bond acceptors (Lipinski definition) is 15.